The lowest BCUT2D eigenvalue weighted by atomic mass is 10.1. The molecule has 0 amide bonds. The monoisotopic (exact) mass is 414 g/mol. The zero-order valence-electron chi connectivity index (χ0n) is 14.8. The summed E-state index contributed by atoms with van der Waals surface area (Å²) >= 11 is 12.5. The van der Waals surface area contributed by atoms with Crippen LogP contribution in [0.5, 0.6) is 0 Å². The lowest BCUT2D eigenvalue weighted by Crippen LogP contribution is -2.09. The second-order valence-electron chi connectivity index (χ2n) is 6.25. The van der Waals surface area contributed by atoms with Crippen LogP contribution in [-0.2, 0) is 7.05 Å². The molecular weight excluding hydrogens is 399 g/mol. The summed E-state index contributed by atoms with van der Waals surface area (Å²) in [5, 5.41) is 14.4. The van der Waals surface area contributed by atoms with E-state index in [4.69, 9.17) is 28.3 Å². The Labute approximate surface area is 170 Å². The van der Waals surface area contributed by atoms with E-state index < -0.39 is 0 Å². The number of hydrogen-bond donors (Lipinski definition) is 3. The molecule has 0 radical (unpaired) electrons. The Kier molecular flexibility index (Phi) is 4.85. The molecule has 0 aliphatic rings. The molecule has 0 unspecified atom stereocenters. The van der Waals surface area contributed by atoms with Crippen molar-refractivity contribution in [3.63, 3.8) is 0 Å². The number of hydrogen-bond acceptors (Lipinski definition) is 4. The number of rotatable bonds is 4. The molecule has 4 rings (SSSR count). The van der Waals surface area contributed by atoms with Gasteiger partial charge in [0.15, 0.2) is 0 Å². The number of anilines is 2. The third kappa shape index (κ3) is 3.16. The summed E-state index contributed by atoms with van der Waals surface area (Å²) in [6, 6.07) is 10.8. The number of nitrogens with zero attached hydrogens (tertiary/aromatic N) is 2. The Balaban J connectivity index is 1.90. The first kappa shape index (κ1) is 18.6. The van der Waals surface area contributed by atoms with Gasteiger partial charge in [0.25, 0.3) is 5.56 Å². The van der Waals surface area contributed by atoms with Gasteiger partial charge in [-0.2, -0.15) is 0 Å². The molecule has 0 fully saturated rings. The number of aryl methyl sites for hydroxylation is 1. The quantitative estimate of drug-likeness (QED) is 0.459. The fourth-order valence-electron chi connectivity index (χ4n) is 3.19. The fraction of sp³-hybridized carbons (Fsp3) is 0.100. The Bertz CT molecular complexity index is 1270. The Morgan fingerprint density at radius 2 is 2.00 bits per heavy atom. The second-order valence-corrected chi connectivity index (χ2v) is 7.07. The van der Waals surface area contributed by atoms with E-state index in [1.165, 1.54) is 0 Å². The molecule has 142 valence electrons. The number of benzene rings is 2. The zero-order chi connectivity index (χ0) is 19.8. The molecule has 0 atom stereocenters. The van der Waals surface area contributed by atoms with Crippen LogP contribution in [0.4, 0.5) is 11.6 Å². The second kappa shape index (κ2) is 7.31. The van der Waals surface area contributed by atoms with Crippen LogP contribution >= 0.6 is 23.2 Å². The van der Waals surface area contributed by atoms with Crippen LogP contribution < -0.4 is 10.9 Å². The predicted molar refractivity (Wildman–Crippen MR) is 115 cm³/mol. The molecule has 4 aromatic rings. The number of imidazole rings is 1. The van der Waals surface area contributed by atoms with E-state index in [1.807, 2.05) is 25.2 Å². The topological polar surface area (TPSA) is 82.9 Å². The number of aliphatic hydroxyl groups excluding tert-OH is 1. The maximum Gasteiger partial charge on any atom is 0.258 e. The summed E-state index contributed by atoms with van der Waals surface area (Å²) in [5.74, 6) is 0.515. The standard InChI is InChI=1S/C20H16Cl2N4O2/c1-26-18-15(24-20(26)25-17-13(21)5-2-6-14(17)22)8-7-11-10-12(4-3-9-27)23-19(28)16(11)18/h2-8,10,27H,9H2,1H3,(H,23,28)(H,24,25)/b4-3+. The molecule has 0 spiro atoms. The van der Waals surface area contributed by atoms with Crippen LogP contribution in [0, 0.1) is 0 Å². The number of nitrogens with one attached hydrogen (secondary N) is 2. The minimum Gasteiger partial charge on any atom is -0.392 e. The van der Waals surface area contributed by atoms with Gasteiger partial charge in [-0.05, 0) is 35.7 Å². The van der Waals surface area contributed by atoms with Crippen molar-refractivity contribution in [2.45, 2.75) is 0 Å². The highest BCUT2D eigenvalue weighted by molar-refractivity contribution is 6.39. The molecule has 8 heteroatoms. The van der Waals surface area contributed by atoms with Crippen molar-refractivity contribution < 1.29 is 5.11 Å². The van der Waals surface area contributed by atoms with Gasteiger partial charge in [0.2, 0.25) is 5.95 Å². The molecule has 0 aliphatic heterocycles. The first-order chi connectivity index (χ1) is 13.5. The van der Waals surface area contributed by atoms with Gasteiger partial charge < -0.3 is 20.0 Å². The fourth-order valence-corrected chi connectivity index (χ4v) is 3.68. The Morgan fingerprint density at radius 1 is 1.25 bits per heavy atom. The van der Waals surface area contributed by atoms with Crippen molar-refractivity contribution in [2.24, 2.45) is 7.05 Å². The van der Waals surface area contributed by atoms with Crippen LogP contribution in [0.25, 0.3) is 27.9 Å². The van der Waals surface area contributed by atoms with E-state index in [0.717, 1.165) is 5.39 Å². The van der Waals surface area contributed by atoms with Crippen LogP contribution in [-0.4, -0.2) is 26.2 Å². The van der Waals surface area contributed by atoms with Crippen molar-refractivity contribution in [3.05, 3.63) is 68.6 Å². The maximum absolute atomic E-state index is 12.7. The third-order valence-electron chi connectivity index (χ3n) is 4.47. The van der Waals surface area contributed by atoms with Gasteiger partial charge in [-0.15, -0.1) is 0 Å². The van der Waals surface area contributed by atoms with E-state index in [2.05, 4.69) is 15.3 Å². The number of pyridine rings is 1. The van der Waals surface area contributed by atoms with Gasteiger partial charge in [-0.25, -0.2) is 4.98 Å². The number of halogens is 2. The molecular formula is C20H16Cl2N4O2. The third-order valence-corrected chi connectivity index (χ3v) is 5.10. The Hall–Kier alpha value is -2.80. The van der Waals surface area contributed by atoms with Crippen LogP contribution in [0.15, 0.2) is 47.3 Å². The molecule has 2 aromatic heterocycles. The minimum absolute atomic E-state index is 0.0968. The van der Waals surface area contributed by atoms with Crippen molar-refractivity contribution in [1.29, 1.82) is 0 Å². The molecule has 0 saturated carbocycles. The van der Waals surface area contributed by atoms with Gasteiger partial charge in [-0.3, -0.25) is 4.79 Å². The zero-order valence-corrected chi connectivity index (χ0v) is 16.3. The number of aromatic amines is 1. The van der Waals surface area contributed by atoms with E-state index in [-0.39, 0.29) is 12.2 Å². The van der Waals surface area contributed by atoms with Gasteiger partial charge >= 0.3 is 0 Å². The molecule has 2 heterocycles. The normalized spacial score (nSPS) is 11.7. The van der Waals surface area contributed by atoms with E-state index in [1.54, 1.807) is 34.9 Å². The summed E-state index contributed by atoms with van der Waals surface area (Å²) in [7, 11) is 1.82. The summed E-state index contributed by atoms with van der Waals surface area (Å²) in [6.07, 6.45) is 3.23. The van der Waals surface area contributed by atoms with Crippen molar-refractivity contribution in [1.82, 2.24) is 14.5 Å². The lowest BCUT2D eigenvalue weighted by molar-refractivity contribution is 0.343. The van der Waals surface area contributed by atoms with Gasteiger partial charge in [0.1, 0.15) is 0 Å². The average Bonchev–Trinajstić information content (AvgIpc) is 2.99. The van der Waals surface area contributed by atoms with E-state index >= 15 is 0 Å². The molecule has 0 saturated heterocycles. The molecule has 2 aromatic carbocycles. The highest BCUT2D eigenvalue weighted by Gasteiger charge is 2.15. The van der Waals surface area contributed by atoms with Gasteiger partial charge in [0, 0.05) is 12.7 Å². The average molecular weight is 415 g/mol. The number of H-pyrrole nitrogens is 1. The first-order valence-electron chi connectivity index (χ1n) is 8.50. The van der Waals surface area contributed by atoms with E-state index in [0.29, 0.717) is 43.8 Å². The first-order valence-corrected chi connectivity index (χ1v) is 9.26. The molecule has 3 N–H and O–H groups in total. The summed E-state index contributed by atoms with van der Waals surface area (Å²) in [6.45, 7) is -0.0968. The molecule has 28 heavy (non-hydrogen) atoms. The highest BCUT2D eigenvalue weighted by atomic mass is 35.5. The highest BCUT2D eigenvalue weighted by Crippen LogP contribution is 2.34. The maximum atomic E-state index is 12.7. The summed E-state index contributed by atoms with van der Waals surface area (Å²) in [5.41, 5.74) is 2.31. The van der Waals surface area contributed by atoms with Crippen LogP contribution in [0.1, 0.15) is 5.69 Å². The van der Waals surface area contributed by atoms with Crippen molar-refractivity contribution >= 4 is 62.7 Å². The predicted octanol–water partition coefficient (Wildman–Crippen LogP) is 4.47. The van der Waals surface area contributed by atoms with Crippen LogP contribution in [0.2, 0.25) is 10.0 Å². The minimum atomic E-state index is -0.231. The SMILES string of the molecule is Cn1c(Nc2c(Cl)cccc2Cl)nc2ccc3cc(/C=C/CO)[nH]c(=O)c3c21. The van der Waals surface area contributed by atoms with Gasteiger partial charge in [-0.1, -0.05) is 41.4 Å². The molecule has 0 aliphatic carbocycles. The summed E-state index contributed by atoms with van der Waals surface area (Å²) in [4.78, 5) is 20.2. The summed E-state index contributed by atoms with van der Waals surface area (Å²) < 4.78 is 1.80. The number of aliphatic hydroxyl groups is 1. The Morgan fingerprint density at radius 3 is 2.71 bits per heavy atom. The largest absolute Gasteiger partial charge is 0.392 e. The smallest absolute Gasteiger partial charge is 0.258 e. The number of para-hydroxylation sites is 1. The molecule has 6 nitrogen and oxygen atoms in total. The lowest BCUT2D eigenvalue weighted by Gasteiger charge is -2.10. The van der Waals surface area contributed by atoms with Crippen LogP contribution in [0.3, 0.4) is 0 Å². The van der Waals surface area contributed by atoms with Crippen molar-refractivity contribution in [3.8, 4) is 0 Å². The number of aromatic nitrogens is 3. The molecule has 0 bridgehead atoms. The van der Waals surface area contributed by atoms with Crippen molar-refractivity contribution in [2.75, 3.05) is 11.9 Å². The van der Waals surface area contributed by atoms with Gasteiger partial charge in [0.05, 0.1) is 38.8 Å². The van der Waals surface area contributed by atoms with E-state index in [9.17, 15) is 4.79 Å². The number of fused-ring (bicyclic) bond motifs is 3.